The molecular weight excluding hydrogens is 409 g/mol. The Labute approximate surface area is 177 Å². The van der Waals surface area contributed by atoms with E-state index in [1.54, 1.807) is 37.4 Å². The molecule has 0 saturated heterocycles. The number of amides is 1. The molecular formula is C21H24FN3O4S. The number of carbonyl (C=O) groups excluding carboxylic acids is 1. The first-order valence-electron chi connectivity index (χ1n) is 9.43. The molecule has 0 unspecified atom stereocenters. The fourth-order valence-electron chi connectivity index (χ4n) is 2.75. The van der Waals surface area contributed by atoms with E-state index in [0.29, 0.717) is 23.1 Å². The van der Waals surface area contributed by atoms with Crippen LogP contribution in [-0.2, 0) is 9.57 Å². The molecule has 0 bridgehead atoms. The summed E-state index contributed by atoms with van der Waals surface area (Å²) in [7, 11) is 0. The van der Waals surface area contributed by atoms with Crippen molar-refractivity contribution in [3.63, 3.8) is 0 Å². The van der Waals surface area contributed by atoms with E-state index >= 15 is 0 Å². The Morgan fingerprint density at radius 1 is 1.27 bits per heavy atom. The van der Waals surface area contributed by atoms with Crippen molar-refractivity contribution in [3.8, 4) is 0 Å². The highest BCUT2D eigenvalue weighted by Gasteiger charge is 2.18. The monoisotopic (exact) mass is 433 g/mol. The summed E-state index contributed by atoms with van der Waals surface area (Å²) in [6.45, 7) is 5.37. The van der Waals surface area contributed by atoms with Crippen LogP contribution in [0.15, 0.2) is 36.5 Å². The van der Waals surface area contributed by atoms with Gasteiger partial charge in [-0.2, -0.15) is 4.37 Å². The van der Waals surface area contributed by atoms with Crippen LogP contribution in [0.1, 0.15) is 36.2 Å². The SMILES string of the molecule is Cc1ccc(Nc2c(C(=O)NOCCCOC(C)(C)O)ccc3sncc23)c(F)c1. The van der Waals surface area contributed by atoms with Gasteiger partial charge >= 0.3 is 0 Å². The van der Waals surface area contributed by atoms with Crippen molar-refractivity contribution in [2.45, 2.75) is 33.0 Å². The van der Waals surface area contributed by atoms with Crippen LogP contribution in [0, 0.1) is 12.7 Å². The van der Waals surface area contributed by atoms with Gasteiger partial charge in [0, 0.05) is 5.39 Å². The van der Waals surface area contributed by atoms with E-state index in [0.717, 1.165) is 10.3 Å². The van der Waals surface area contributed by atoms with Crippen molar-refractivity contribution in [2.24, 2.45) is 0 Å². The second-order valence-corrected chi connectivity index (χ2v) is 8.10. The molecule has 3 N–H and O–H groups in total. The molecule has 7 nitrogen and oxygen atoms in total. The van der Waals surface area contributed by atoms with Gasteiger partial charge < -0.3 is 15.2 Å². The number of aryl methyl sites for hydroxylation is 1. The van der Waals surface area contributed by atoms with Crippen LogP contribution < -0.4 is 10.8 Å². The topological polar surface area (TPSA) is 92.7 Å². The predicted octanol–water partition coefficient (Wildman–Crippen LogP) is 4.28. The molecule has 0 radical (unpaired) electrons. The van der Waals surface area contributed by atoms with Crippen LogP contribution in [0.25, 0.3) is 10.1 Å². The molecule has 30 heavy (non-hydrogen) atoms. The predicted molar refractivity (Wildman–Crippen MR) is 114 cm³/mol. The number of rotatable bonds is 9. The van der Waals surface area contributed by atoms with Crippen molar-refractivity contribution < 1.29 is 23.9 Å². The normalized spacial score (nSPS) is 11.6. The fraction of sp³-hybridized carbons (Fsp3) is 0.333. The van der Waals surface area contributed by atoms with Crippen LogP contribution in [0.5, 0.6) is 0 Å². The minimum atomic E-state index is -1.21. The molecule has 2 aromatic carbocycles. The second kappa shape index (κ2) is 9.48. The van der Waals surface area contributed by atoms with Crippen molar-refractivity contribution in [2.75, 3.05) is 18.5 Å². The largest absolute Gasteiger partial charge is 0.366 e. The maximum Gasteiger partial charge on any atom is 0.276 e. The number of halogens is 1. The van der Waals surface area contributed by atoms with Crippen molar-refractivity contribution in [3.05, 3.63) is 53.5 Å². The number of carbonyl (C=O) groups is 1. The fourth-order valence-corrected chi connectivity index (χ4v) is 3.40. The molecule has 0 aliphatic rings. The lowest BCUT2D eigenvalue weighted by atomic mass is 10.1. The molecule has 0 aliphatic carbocycles. The summed E-state index contributed by atoms with van der Waals surface area (Å²) in [4.78, 5) is 17.9. The minimum Gasteiger partial charge on any atom is -0.366 e. The molecule has 0 fully saturated rings. The first-order chi connectivity index (χ1) is 14.2. The number of nitrogens with one attached hydrogen (secondary N) is 2. The molecule has 3 aromatic rings. The number of ether oxygens (including phenoxy) is 1. The van der Waals surface area contributed by atoms with E-state index in [2.05, 4.69) is 15.2 Å². The summed E-state index contributed by atoms with van der Waals surface area (Å²) in [5.74, 6) is -2.09. The van der Waals surface area contributed by atoms with Crippen LogP contribution in [0.2, 0.25) is 0 Å². The molecule has 0 atom stereocenters. The average molecular weight is 434 g/mol. The Kier molecular flexibility index (Phi) is 6.99. The van der Waals surface area contributed by atoms with Crippen molar-refractivity contribution in [1.82, 2.24) is 9.85 Å². The molecule has 160 valence electrons. The molecule has 0 aliphatic heterocycles. The lowest BCUT2D eigenvalue weighted by molar-refractivity contribution is -0.178. The van der Waals surface area contributed by atoms with E-state index in [1.165, 1.54) is 31.4 Å². The van der Waals surface area contributed by atoms with Gasteiger partial charge in [-0.3, -0.25) is 9.63 Å². The van der Waals surface area contributed by atoms with Crippen molar-refractivity contribution in [1.29, 1.82) is 0 Å². The number of fused-ring (bicyclic) bond motifs is 1. The van der Waals surface area contributed by atoms with Gasteiger partial charge in [0.2, 0.25) is 0 Å². The van der Waals surface area contributed by atoms with Gasteiger partial charge in [0.25, 0.3) is 5.91 Å². The van der Waals surface area contributed by atoms with Gasteiger partial charge in [0.1, 0.15) is 5.82 Å². The Morgan fingerprint density at radius 3 is 2.80 bits per heavy atom. The maximum absolute atomic E-state index is 14.4. The Bertz CT molecular complexity index is 1030. The summed E-state index contributed by atoms with van der Waals surface area (Å²) in [6, 6.07) is 8.27. The molecule has 3 rings (SSSR count). The van der Waals surface area contributed by atoms with Gasteiger partial charge in [0.05, 0.1) is 41.0 Å². The summed E-state index contributed by atoms with van der Waals surface area (Å²) in [5.41, 5.74) is 4.21. The third kappa shape index (κ3) is 5.73. The smallest absolute Gasteiger partial charge is 0.276 e. The van der Waals surface area contributed by atoms with E-state index in [9.17, 15) is 14.3 Å². The molecule has 1 heterocycles. The van der Waals surface area contributed by atoms with Crippen LogP contribution in [-0.4, -0.2) is 34.4 Å². The number of aromatic nitrogens is 1. The van der Waals surface area contributed by atoms with Gasteiger partial charge in [0.15, 0.2) is 5.79 Å². The summed E-state index contributed by atoms with van der Waals surface area (Å²) in [6.07, 6.45) is 2.12. The Hall–Kier alpha value is -2.59. The highest BCUT2D eigenvalue weighted by molar-refractivity contribution is 7.13. The van der Waals surface area contributed by atoms with Gasteiger partial charge in [-0.15, -0.1) is 0 Å². The van der Waals surface area contributed by atoms with Gasteiger partial charge in [-0.05, 0) is 68.6 Å². The summed E-state index contributed by atoms with van der Waals surface area (Å²) < 4.78 is 24.6. The number of hydroxylamine groups is 1. The number of aliphatic hydroxyl groups is 1. The third-order valence-electron chi connectivity index (χ3n) is 4.18. The first-order valence-corrected chi connectivity index (χ1v) is 10.2. The number of anilines is 2. The Morgan fingerprint density at radius 2 is 2.07 bits per heavy atom. The summed E-state index contributed by atoms with van der Waals surface area (Å²) >= 11 is 1.29. The number of nitrogens with zero attached hydrogens (tertiary/aromatic N) is 1. The first kappa shape index (κ1) is 22.1. The zero-order valence-corrected chi connectivity index (χ0v) is 17.8. The highest BCUT2D eigenvalue weighted by Crippen LogP contribution is 2.33. The number of benzene rings is 2. The number of hydrogen-bond donors (Lipinski definition) is 3. The molecule has 0 saturated carbocycles. The molecule has 1 amide bonds. The van der Waals surface area contributed by atoms with E-state index in [-0.39, 0.29) is 18.9 Å². The highest BCUT2D eigenvalue weighted by atomic mass is 32.1. The molecule has 9 heteroatoms. The Balaban J connectivity index is 1.72. The van der Waals surface area contributed by atoms with E-state index < -0.39 is 17.5 Å². The van der Waals surface area contributed by atoms with E-state index in [4.69, 9.17) is 9.57 Å². The molecule has 1 aromatic heterocycles. The van der Waals surface area contributed by atoms with Gasteiger partial charge in [-0.25, -0.2) is 9.87 Å². The third-order valence-corrected chi connectivity index (χ3v) is 4.94. The summed E-state index contributed by atoms with van der Waals surface area (Å²) in [5, 5.41) is 13.2. The minimum absolute atomic E-state index is 0.208. The second-order valence-electron chi connectivity index (χ2n) is 7.26. The lowest BCUT2D eigenvalue weighted by Gasteiger charge is -2.18. The lowest BCUT2D eigenvalue weighted by Crippen LogP contribution is -2.27. The van der Waals surface area contributed by atoms with Crippen LogP contribution >= 0.6 is 11.5 Å². The zero-order valence-electron chi connectivity index (χ0n) is 17.0. The van der Waals surface area contributed by atoms with Crippen LogP contribution in [0.4, 0.5) is 15.8 Å². The molecule has 0 spiro atoms. The zero-order chi connectivity index (χ0) is 21.7. The standard InChI is InChI=1S/C21H24FN3O4S/c1-13-5-7-17(16(22)11-13)24-19-14(6-8-18-15(19)12-23-30-18)20(26)25-29-10-4-9-28-21(2,3)27/h5-8,11-12,24,27H,4,9-10H2,1-3H3,(H,25,26). The quantitative estimate of drug-likeness (QED) is 0.265. The van der Waals surface area contributed by atoms with Crippen molar-refractivity contribution >= 4 is 38.9 Å². The number of hydrogen-bond acceptors (Lipinski definition) is 7. The average Bonchev–Trinajstić information content (AvgIpc) is 3.15. The van der Waals surface area contributed by atoms with Crippen LogP contribution in [0.3, 0.4) is 0 Å². The van der Waals surface area contributed by atoms with E-state index in [1.807, 2.05) is 0 Å². The maximum atomic E-state index is 14.4. The van der Waals surface area contributed by atoms with Gasteiger partial charge in [-0.1, -0.05) is 6.07 Å².